The highest BCUT2D eigenvalue weighted by atomic mass is 32.2. The molecule has 0 saturated heterocycles. The second-order valence-corrected chi connectivity index (χ2v) is 8.30. The molecule has 1 unspecified atom stereocenters. The number of ketones is 1. The van der Waals surface area contributed by atoms with Crippen molar-refractivity contribution in [2.75, 3.05) is 18.7 Å². The number of fused-ring (bicyclic) bond motifs is 2. The average Bonchev–Trinajstić information content (AvgIpc) is 3.16. The molecule has 1 aliphatic rings. The van der Waals surface area contributed by atoms with Gasteiger partial charge in [0.2, 0.25) is 5.91 Å². The van der Waals surface area contributed by atoms with Crippen LogP contribution < -0.4 is 14.2 Å². The molecule has 0 fully saturated rings. The highest BCUT2D eigenvalue weighted by Gasteiger charge is 2.34. The van der Waals surface area contributed by atoms with Crippen molar-refractivity contribution < 1.29 is 26.9 Å². The van der Waals surface area contributed by atoms with Crippen LogP contribution in [-0.2, 0) is 19.7 Å². The topological polar surface area (TPSA) is 127 Å². The molecule has 1 aromatic heterocycles. The first-order valence-electron chi connectivity index (χ1n) is 8.59. The maximum Gasteiger partial charge on any atom is 0.306 e. The molecule has 150 valence electrons. The fraction of sp³-hybridized carbons (Fsp3) is 0.211. The Bertz CT molecular complexity index is 1280. The van der Waals surface area contributed by atoms with Crippen molar-refractivity contribution in [3.8, 4) is 22.9 Å². The number of imidazole rings is 1. The molecule has 10 heteroatoms. The standard InChI is InChI=1S/C19H17N3O6S/c1-9(23)17-12-7-14-15(8-13(12)22-19(17)24)21-18(20-14)11-5-4-10(6-16(11)27-2)28-29(3,25)26/h4-8,17H,1-3H3,(H,20,21)(H,22,24). The molecule has 0 saturated carbocycles. The zero-order valence-electron chi connectivity index (χ0n) is 15.8. The van der Waals surface area contributed by atoms with Crippen LogP contribution in [0.1, 0.15) is 18.4 Å². The van der Waals surface area contributed by atoms with E-state index < -0.39 is 16.0 Å². The van der Waals surface area contributed by atoms with Gasteiger partial charge in [-0.2, -0.15) is 8.42 Å². The predicted molar refractivity (Wildman–Crippen MR) is 106 cm³/mol. The molecule has 0 spiro atoms. The number of carbonyl (C=O) groups excluding carboxylic acids is 2. The first kappa shape index (κ1) is 18.9. The van der Waals surface area contributed by atoms with E-state index in [1.165, 1.54) is 26.2 Å². The van der Waals surface area contributed by atoms with Gasteiger partial charge in [-0.3, -0.25) is 9.59 Å². The van der Waals surface area contributed by atoms with Crippen molar-refractivity contribution >= 4 is 38.5 Å². The van der Waals surface area contributed by atoms with Gasteiger partial charge in [0.05, 0.1) is 30.0 Å². The molecule has 2 aromatic carbocycles. The van der Waals surface area contributed by atoms with Gasteiger partial charge in [-0.15, -0.1) is 0 Å². The summed E-state index contributed by atoms with van der Waals surface area (Å²) >= 11 is 0. The van der Waals surface area contributed by atoms with Crippen LogP contribution in [-0.4, -0.2) is 43.4 Å². The Morgan fingerprint density at radius 3 is 2.62 bits per heavy atom. The first-order chi connectivity index (χ1) is 13.7. The second-order valence-electron chi connectivity index (χ2n) is 6.72. The molecule has 2 N–H and O–H groups in total. The minimum atomic E-state index is -3.66. The molecule has 9 nitrogen and oxygen atoms in total. The Morgan fingerprint density at radius 1 is 1.21 bits per heavy atom. The summed E-state index contributed by atoms with van der Waals surface area (Å²) in [4.78, 5) is 31.6. The van der Waals surface area contributed by atoms with E-state index in [0.29, 0.717) is 39.4 Å². The van der Waals surface area contributed by atoms with Crippen LogP contribution in [0.4, 0.5) is 5.69 Å². The van der Waals surface area contributed by atoms with Gasteiger partial charge in [-0.1, -0.05) is 0 Å². The first-order valence-corrected chi connectivity index (χ1v) is 10.4. The number of methoxy groups -OCH3 is 1. The molecule has 0 aliphatic carbocycles. The highest BCUT2D eigenvalue weighted by molar-refractivity contribution is 7.86. The van der Waals surface area contributed by atoms with Gasteiger partial charge in [0.25, 0.3) is 0 Å². The summed E-state index contributed by atoms with van der Waals surface area (Å²) in [5.74, 6) is -0.435. The number of amides is 1. The van der Waals surface area contributed by atoms with E-state index in [0.717, 1.165) is 6.26 Å². The summed E-state index contributed by atoms with van der Waals surface area (Å²) in [5.41, 5.74) is 3.01. The number of ether oxygens (including phenoxy) is 1. The number of benzene rings is 2. The fourth-order valence-corrected chi connectivity index (χ4v) is 3.85. The maximum absolute atomic E-state index is 12.0. The van der Waals surface area contributed by atoms with Crippen LogP contribution in [0.3, 0.4) is 0 Å². The molecule has 1 aliphatic heterocycles. The molecule has 4 rings (SSSR count). The number of aromatic nitrogens is 2. The molecule has 1 atom stereocenters. The lowest BCUT2D eigenvalue weighted by Crippen LogP contribution is -2.18. The summed E-state index contributed by atoms with van der Waals surface area (Å²) in [7, 11) is -2.21. The number of hydrogen-bond acceptors (Lipinski definition) is 7. The van der Waals surface area contributed by atoms with Crippen LogP contribution in [0.15, 0.2) is 30.3 Å². The van der Waals surface area contributed by atoms with Crippen molar-refractivity contribution in [3.05, 3.63) is 35.9 Å². The SMILES string of the molecule is COc1cc(OS(C)(=O)=O)ccc1-c1nc2cc3c(cc2[nH]1)C(C(C)=O)C(=O)N3. The highest BCUT2D eigenvalue weighted by Crippen LogP contribution is 2.38. The number of nitrogens with one attached hydrogen (secondary N) is 2. The number of nitrogens with zero attached hydrogens (tertiary/aromatic N) is 1. The molecule has 29 heavy (non-hydrogen) atoms. The third kappa shape index (κ3) is 3.42. The third-order valence-corrected chi connectivity index (χ3v) is 5.06. The van der Waals surface area contributed by atoms with E-state index >= 15 is 0 Å². The summed E-state index contributed by atoms with van der Waals surface area (Å²) in [6, 6.07) is 8.02. The zero-order chi connectivity index (χ0) is 20.9. The van der Waals surface area contributed by atoms with Gasteiger partial charge in [0.15, 0.2) is 0 Å². The van der Waals surface area contributed by atoms with Gasteiger partial charge in [-0.05, 0) is 36.8 Å². The van der Waals surface area contributed by atoms with Crippen molar-refractivity contribution in [2.24, 2.45) is 0 Å². The van der Waals surface area contributed by atoms with E-state index in [9.17, 15) is 18.0 Å². The van der Waals surface area contributed by atoms with Crippen LogP contribution in [0.2, 0.25) is 0 Å². The maximum atomic E-state index is 12.0. The minimum absolute atomic E-state index is 0.121. The molecular weight excluding hydrogens is 398 g/mol. The Hall–Kier alpha value is -3.40. The molecule has 0 bridgehead atoms. The zero-order valence-corrected chi connectivity index (χ0v) is 16.6. The van der Waals surface area contributed by atoms with Crippen molar-refractivity contribution in [3.63, 3.8) is 0 Å². The van der Waals surface area contributed by atoms with E-state index in [-0.39, 0.29) is 17.4 Å². The third-order valence-electron chi connectivity index (χ3n) is 4.57. The number of carbonyl (C=O) groups is 2. The lowest BCUT2D eigenvalue weighted by atomic mass is 9.97. The summed E-state index contributed by atoms with van der Waals surface area (Å²) < 4.78 is 32.9. The number of anilines is 1. The predicted octanol–water partition coefficient (Wildman–Crippen LogP) is 2.20. The quantitative estimate of drug-likeness (QED) is 0.483. The lowest BCUT2D eigenvalue weighted by Gasteiger charge is -2.09. The van der Waals surface area contributed by atoms with Crippen LogP contribution in [0, 0.1) is 0 Å². The van der Waals surface area contributed by atoms with Crippen LogP contribution in [0.5, 0.6) is 11.5 Å². The number of aromatic amines is 1. The molecular formula is C19H17N3O6S. The van der Waals surface area contributed by atoms with Crippen LogP contribution in [0.25, 0.3) is 22.4 Å². The van der Waals surface area contributed by atoms with Gasteiger partial charge < -0.3 is 19.2 Å². The Kier molecular flexibility index (Phi) is 4.30. The van der Waals surface area contributed by atoms with Gasteiger partial charge in [0.1, 0.15) is 29.0 Å². The number of H-pyrrole nitrogens is 1. The largest absolute Gasteiger partial charge is 0.496 e. The smallest absolute Gasteiger partial charge is 0.306 e. The Morgan fingerprint density at radius 2 is 1.97 bits per heavy atom. The molecule has 0 radical (unpaired) electrons. The number of Topliss-reactive ketones (excluding diaryl/α,β-unsaturated/α-hetero) is 1. The second kappa shape index (κ2) is 6.59. The average molecular weight is 415 g/mol. The van der Waals surface area contributed by atoms with E-state index in [1.807, 2.05) is 0 Å². The number of hydrogen-bond donors (Lipinski definition) is 2. The minimum Gasteiger partial charge on any atom is -0.496 e. The summed E-state index contributed by atoms with van der Waals surface area (Å²) in [6.45, 7) is 1.38. The molecule has 1 amide bonds. The Balaban J connectivity index is 1.78. The Labute approximate surface area is 166 Å². The van der Waals surface area contributed by atoms with E-state index in [4.69, 9.17) is 8.92 Å². The van der Waals surface area contributed by atoms with Crippen molar-refractivity contribution in [2.45, 2.75) is 12.8 Å². The normalized spacial score (nSPS) is 15.8. The van der Waals surface area contributed by atoms with Crippen molar-refractivity contribution in [1.82, 2.24) is 9.97 Å². The molecule has 2 heterocycles. The lowest BCUT2D eigenvalue weighted by molar-refractivity contribution is -0.125. The molecule has 3 aromatic rings. The van der Waals surface area contributed by atoms with Crippen LogP contribution >= 0.6 is 0 Å². The van der Waals surface area contributed by atoms with E-state index in [1.54, 1.807) is 18.2 Å². The monoisotopic (exact) mass is 415 g/mol. The fourth-order valence-electron chi connectivity index (χ4n) is 3.39. The number of rotatable bonds is 5. The van der Waals surface area contributed by atoms with E-state index in [2.05, 4.69) is 15.3 Å². The van der Waals surface area contributed by atoms with Gasteiger partial charge in [0, 0.05) is 11.8 Å². The summed E-state index contributed by atoms with van der Waals surface area (Å²) in [5, 5.41) is 2.71. The van der Waals surface area contributed by atoms with Gasteiger partial charge in [-0.25, -0.2) is 4.98 Å². The summed E-state index contributed by atoms with van der Waals surface area (Å²) in [6.07, 6.45) is 0.957. The van der Waals surface area contributed by atoms with Gasteiger partial charge >= 0.3 is 10.1 Å². The van der Waals surface area contributed by atoms with Crippen molar-refractivity contribution in [1.29, 1.82) is 0 Å².